The normalized spacial score (nSPS) is 18.2. The molecule has 33 heavy (non-hydrogen) atoms. The maximum atomic E-state index is 13.1. The Bertz CT molecular complexity index is 1260. The molecule has 3 aromatic rings. The summed E-state index contributed by atoms with van der Waals surface area (Å²) in [4.78, 5) is 26.9. The van der Waals surface area contributed by atoms with Crippen LogP contribution in [0.4, 0.5) is 11.6 Å². The molecular weight excluding hydrogens is 416 g/mol. The fourth-order valence-electron chi connectivity index (χ4n) is 5.54. The summed E-state index contributed by atoms with van der Waals surface area (Å²) in [6.07, 6.45) is 6.43. The molecule has 172 valence electrons. The summed E-state index contributed by atoms with van der Waals surface area (Å²) in [5.41, 5.74) is 3.46. The van der Waals surface area contributed by atoms with Gasteiger partial charge in [0.15, 0.2) is 11.3 Å². The van der Waals surface area contributed by atoms with Crippen molar-refractivity contribution in [1.29, 1.82) is 0 Å². The van der Waals surface area contributed by atoms with E-state index >= 15 is 0 Å². The molecule has 1 spiro atoms. The SMILES string of the molecule is Cc1cc(C(C)Nc2ccccc2C(=O)O)c2oc(N3CC4(CCCCC4)C3)cc(=O)c2c1. The van der Waals surface area contributed by atoms with Crippen LogP contribution in [0.5, 0.6) is 0 Å². The summed E-state index contributed by atoms with van der Waals surface area (Å²) < 4.78 is 6.37. The number of nitrogens with zero attached hydrogens (tertiary/aromatic N) is 1. The molecule has 6 heteroatoms. The Balaban J connectivity index is 1.50. The van der Waals surface area contributed by atoms with Crippen LogP contribution in [0.3, 0.4) is 0 Å². The monoisotopic (exact) mass is 446 g/mol. The third-order valence-electron chi connectivity index (χ3n) is 7.26. The number of carbonyl (C=O) groups is 1. The minimum Gasteiger partial charge on any atom is -0.478 e. The molecule has 6 nitrogen and oxygen atoms in total. The number of rotatable bonds is 5. The molecule has 2 aromatic carbocycles. The number of benzene rings is 2. The zero-order chi connectivity index (χ0) is 23.2. The lowest BCUT2D eigenvalue weighted by molar-refractivity contribution is 0.0698. The molecule has 0 radical (unpaired) electrons. The van der Waals surface area contributed by atoms with Gasteiger partial charge in [0.25, 0.3) is 0 Å². The minimum absolute atomic E-state index is 0.0427. The van der Waals surface area contributed by atoms with E-state index in [1.165, 1.54) is 32.1 Å². The van der Waals surface area contributed by atoms with Crippen molar-refractivity contribution in [3.63, 3.8) is 0 Å². The molecule has 5 rings (SSSR count). The van der Waals surface area contributed by atoms with Crippen LogP contribution in [0, 0.1) is 12.3 Å². The van der Waals surface area contributed by atoms with E-state index in [-0.39, 0.29) is 17.0 Å². The van der Waals surface area contributed by atoms with Crippen molar-refractivity contribution in [1.82, 2.24) is 0 Å². The molecule has 2 heterocycles. The lowest BCUT2D eigenvalue weighted by Gasteiger charge is -2.52. The predicted octanol–water partition coefficient (Wildman–Crippen LogP) is 5.74. The van der Waals surface area contributed by atoms with Crippen LogP contribution in [0.25, 0.3) is 11.0 Å². The number of aromatic carboxylic acids is 1. The van der Waals surface area contributed by atoms with Gasteiger partial charge >= 0.3 is 5.97 Å². The number of nitrogens with one attached hydrogen (secondary N) is 1. The molecule has 0 bridgehead atoms. The lowest BCUT2D eigenvalue weighted by atomic mass is 9.69. The maximum Gasteiger partial charge on any atom is 0.337 e. The van der Waals surface area contributed by atoms with Gasteiger partial charge in [0.05, 0.1) is 17.0 Å². The molecule has 2 fully saturated rings. The van der Waals surface area contributed by atoms with E-state index in [1.807, 2.05) is 26.0 Å². The highest BCUT2D eigenvalue weighted by molar-refractivity contribution is 5.94. The summed E-state index contributed by atoms with van der Waals surface area (Å²) >= 11 is 0. The number of para-hydroxylation sites is 1. The standard InChI is InChI=1S/C27H30N2O4/c1-17-12-20(18(2)28-22-9-5-4-8-19(22)26(31)32)25-21(13-17)23(30)14-24(33-25)29-15-27(16-29)10-6-3-7-11-27/h4-5,8-9,12-14,18,28H,3,6-7,10-11,15-16H2,1-2H3,(H,31,32). The first-order valence-electron chi connectivity index (χ1n) is 11.8. The van der Waals surface area contributed by atoms with Gasteiger partial charge < -0.3 is 19.7 Å². The Morgan fingerprint density at radius 2 is 1.85 bits per heavy atom. The van der Waals surface area contributed by atoms with Crippen molar-refractivity contribution in [3.8, 4) is 0 Å². The van der Waals surface area contributed by atoms with E-state index in [9.17, 15) is 14.7 Å². The smallest absolute Gasteiger partial charge is 0.337 e. The fourth-order valence-corrected chi connectivity index (χ4v) is 5.54. The Morgan fingerprint density at radius 3 is 2.58 bits per heavy atom. The average molecular weight is 447 g/mol. The Labute approximate surface area is 193 Å². The van der Waals surface area contributed by atoms with Crippen molar-refractivity contribution in [2.24, 2.45) is 5.41 Å². The summed E-state index contributed by atoms with van der Waals surface area (Å²) in [6, 6.07) is 12.1. The third kappa shape index (κ3) is 3.99. The number of hydrogen-bond donors (Lipinski definition) is 2. The highest BCUT2D eigenvalue weighted by Gasteiger charge is 2.44. The van der Waals surface area contributed by atoms with Crippen LogP contribution >= 0.6 is 0 Å². The van der Waals surface area contributed by atoms with Crippen molar-refractivity contribution < 1.29 is 14.3 Å². The summed E-state index contributed by atoms with van der Waals surface area (Å²) in [5.74, 6) is -0.352. The number of aryl methyl sites for hydroxylation is 1. The van der Waals surface area contributed by atoms with E-state index in [0.29, 0.717) is 28.0 Å². The van der Waals surface area contributed by atoms with Gasteiger partial charge in [-0.2, -0.15) is 0 Å². The van der Waals surface area contributed by atoms with Crippen molar-refractivity contribution in [3.05, 3.63) is 69.4 Å². The van der Waals surface area contributed by atoms with E-state index in [0.717, 1.165) is 24.2 Å². The molecular formula is C27H30N2O4. The quantitative estimate of drug-likeness (QED) is 0.520. The number of carboxylic acid groups (broad SMARTS) is 1. The molecule has 2 N–H and O–H groups in total. The summed E-state index contributed by atoms with van der Waals surface area (Å²) in [5, 5.41) is 13.4. The van der Waals surface area contributed by atoms with Crippen LogP contribution < -0.4 is 15.6 Å². The molecule has 1 saturated carbocycles. The van der Waals surface area contributed by atoms with Crippen LogP contribution in [-0.4, -0.2) is 24.2 Å². The second-order valence-electron chi connectivity index (χ2n) is 9.81. The van der Waals surface area contributed by atoms with Crippen LogP contribution in [0.15, 0.2) is 51.7 Å². The number of anilines is 2. The van der Waals surface area contributed by atoms with Gasteiger partial charge in [-0.15, -0.1) is 0 Å². The first-order chi connectivity index (χ1) is 15.8. The molecule has 2 aliphatic rings. The largest absolute Gasteiger partial charge is 0.478 e. The van der Waals surface area contributed by atoms with Crippen molar-refractivity contribution >= 4 is 28.5 Å². The van der Waals surface area contributed by atoms with E-state index in [4.69, 9.17) is 4.42 Å². The van der Waals surface area contributed by atoms with Crippen LogP contribution in [0.1, 0.15) is 66.6 Å². The molecule has 1 unspecified atom stereocenters. The topological polar surface area (TPSA) is 82.8 Å². The van der Waals surface area contributed by atoms with Crippen LogP contribution in [0.2, 0.25) is 0 Å². The van der Waals surface area contributed by atoms with Crippen molar-refractivity contribution in [2.45, 2.75) is 52.0 Å². The molecule has 1 saturated heterocycles. The molecule has 0 amide bonds. The van der Waals surface area contributed by atoms with Crippen LogP contribution in [-0.2, 0) is 0 Å². The Morgan fingerprint density at radius 1 is 1.12 bits per heavy atom. The highest BCUT2D eigenvalue weighted by Crippen LogP contribution is 2.45. The molecule has 1 aliphatic carbocycles. The zero-order valence-corrected chi connectivity index (χ0v) is 19.2. The van der Waals surface area contributed by atoms with Gasteiger partial charge in [-0.1, -0.05) is 37.5 Å². The van der Waals surface area contributed by atoms with Gasteiger partial charge in [-0.3, -0.25) is 4.79 Å². The number of carboxylic acids is 1. The van der Waals surface area contributed by atoms with Gasteiger partial charge in [-0.25, -0.2) is 4.79 Å². The fraction of sp³-hybridized carbons (Fsp3) is 0.407. The molecule has 1 aromatic heterocycles. The first kappa shape index (κ1) is 21.6. The van der Waals surface area contributed by atoms with Crippen molar-refractivity contribution in [2.75, 3.05) is 23.3 Å². The minimum atomic E-state index is -0.984. The lowest BCUT2D eigenvalue weighted by Crippen LogP contribution is -2.57. The first-order valence-corrected chi connectivity index (χ1v) is 11.8. The second kappa shape index (κ2) is 8.25. The Hall–Kier alpha value is -3.28. The van der Waals surface area contributed by atoms with Gasteiger partial charge in [0, 0.05) is 35.8 Å². The van der Waals surface area contributed by atoms with E-state index in [2.05, 4.69) is 10.2 Å². The Kier molecular flexibility index (Phi) is 5.39. The molecule has 1 atom stereocenters. The van der Waals surface area contributed by atoms with E-state index in [1.54, 1.807) is 30.3 Å². The van der Waals surface area contributed by atoms with Gasteiger partial charge in [0.1, 0.15) is 5.58 Å². The summed E-state index contributed by atoms with van der Waals surface area (Å²) in [6.45, 7) is 5.81. The third-order valence-corrected chi connectivity index (χ3v) is 7.26. The average Bonchev–Trinajstić information content (AvgIpc) is 2.78. The predicted molar refractivity (Wildman–Crippen MR) is 130 cm³/mol. The van der Waals surface area contributed by atoms with E-state index < -0.39 is 5.97 Å². The van der Waals surface area contributed by atoms with Gasteiger partial charge in [0.2, 0.25) is 0 Å². The maximum absolute atomic E-state index is 13.1. The summed E-state index contributed by atoms with van der Waals surface area (Å²) in [7, 11) is 0. The van der Waals surface area contributed by atoms with Gasteiger partial charge in [-0.05, 0) is 50.5 Å². The molecule has 1 aliphatic heterocycles. The number of fused-ring (bicyclic) bond motifs is 1. The highest BCUT2D eigenvalue weighted by atomic mass is 16.4. The second-order valence-corrected chi connectivity index (χ2v) is 9.81. The zero-order valence-electron chi connectivity index (χ0n) is 19.2. The number of hydrogen-bond acceptors (Lipinski definition) is 5.